The highest BCUT2D eigenvalue weighted by atomic mass is 16.5. The second-order valence-electron chi connectivity index (χ2n) is 5.94. The first kappa shape index (κ1) is 19.3. The van der Waals surface area contributed by atoms with Gasteiger partial charge in [-0.3, -0.25) is 4.79 Å². The van der Waals surface area contributed by atoms with Crippen molar-refractivity contribution in [2.24, 2.45) is 0 Å². The number of amides is 1. The number of carbonyl (C=O) groups excluding carboxylic acids is 2. The van der Waals surface area contributed by atoms with E-state index in [1.54, 1.807) is 37.3 Å². The van der Waals surface area contributed by atoms with Crippen LogP contribution in [0.25, 0.3) is 0 Å². The number of esters is 1. The fourth-order valence-corrected chi connectivity index (χ4v) is 2.22. The zero-order valence-corrected chi connectivity index (χ0v) is 15.4. The molecule has 1 heterocycles. The molecular weight excluding hydrogens is 334 g/mol. The summed E-state index contributed by atoms with van der Waals surface area (Å²) in [7, 11) is 5.20. The number of aromatic nitrogens is 2. The summed E-state index contributed by atoms with van der Waals surface area (Å²) in [4.78, 5) is 34.3. The number of anilines is 2. The van der Waals surface area contributed by atoms with E-state index >= 15 is 0 Å². The van der Waals surface area contributed by atoms with Crippen LogP contribution in [0.1, 0.15) is 26.7 Å². The Balaban J connectivity index is 2.14. The highest BCUT2D eigenvalue weighted by Gasteiger charge is 2.11. The predicted octanol–water partition coefficient (Wildman–Crippen LogP) is 1.61. The first-order chi connectivity index (χ1) is 12.4. The molecule has 138 valence electrons. The lowest BCUT2D eigenvalue weighted by Crippen LogP contribution is -2.32. The molecule has 0 saturated carbocycles. The summed E-state index contributed by atoms with van der Waals surface area (Å²) in [5.74, 6) is 0.256. The smallest absolute Gasteiger partial charge is 0.337 e. The third kappa shape index (κ3) is 5.52. The monoisotopic (exact) mass is 357 g/mol. The molecule has 0 fully saturated rings. The van der Waals surface area contributed by atoms with Crippen molar-refractivity contribution in [3.8, 4) is 0 Å². The van der Waals surface area contributed by atoms with Crippen molar-refractivity contribution in [1.29, 1.82) is 0 Å². The van der Waals surface area contributed by atoms with E-state index in [1.165, 1.54) is 7.11 Å². The Morgan fingerprint density at radius 1 is 1.19 bits per heavy atom. The quantitative estimate of drug-likeness (QED) is 0.727. The van der Waals surface area contributed by atoms with E-state index in [-0.39, 0.29) is 11.6 Å². The van der Waals surface area contributed by atoms with Gasteiger partial charge in [0.05, 0.1) is 12.7 Å². The molecule has 0 atom stereocenters. The SMILES string of the molecule is COC(=O)c1cccc(Nc2cc(C(=O)NCCN(C)C)nc(C)n2)c1. The van der Waals surface area contributed by atoms with Crippen molar-refractivity contribution in [2.45, 2.75) is 6.92 Å². The van der Waals surface area contributed by atoms with Gasteiger partial charge in [0, 0.05) is 24.8 Å². The van der Waals surface area contributed by atoms with E-state index in [0.717, 1.165) is 6.54 Å². The van der Waals surface area contributed by atoms with E-state index in [0.29, 0.717) is 29.4 Å². The number of benzene rings is 1. The Morgan fingerprint density at radius 3 is 2.65 bits per heavy atom. The maximum Gasteiger partial charge on any atom is 0.337 e. The summed E-state index contributed by atoms with van der Waals surface area (Å²) < 4.78 is 4.72. The Morgan fingerprint density at radius 2 is 1.96 bits per heavy atom. The minimum atomic E-state index is -0.423. The molecule has 0 spiro atoms. The van der Waals surface area contributed by atoms with E-state index in [4.69, 9.17) is 4.74 Å². The van der Waals surface area contributed by atoms with Crippen LogP contribution < -0.4 is 10.6 Å². The standard InChI is InChI=1S/C18H23N5O3/c1-12-20-15(17(24)19-8-9-23(2)3)11-16(21-12)22-14-7-5-6-13(10-14)18(25)26-4/h5-7,10-11H,8-9H2,1-4H3,(H,19,24)(H,20,21,22). The molecule has 26 heavy (non-hydrogen) atoms. The summed E-state index contributed by atoms with van der Waals surface area (Å²) in [6.45, 7) is 2.98. The molecule has 0 aliphatic heterocycles. The van der Waals surface area contributed by atoms with Gasteiger partial charge < -0.3 is 20.3 Å². The van der Waals surface area contributed by atoms with Gasteiger partial charge in [0.15, 0.2) is 0 Å². The zero-order chi connectivity index (χ0) is 19.1. The molecular formula is C18H23N5O3. The zero-order valence-electron chi connectivity index (χ0n) is 15.4. The fraction of sp³-hybridized carbons (Fsp3) is 0.333. The Hall–Kier alpha value is -3.00. The normalized spacial score (nSPS) is 10.5. The van der Waals surface area contributed by atoms with Crippen LogP contribution in [0.5, 0.6) is 0 Å². The number of hydrogen-bond donors (Lipinski definition) is 2. The van der Waals surface area contributed by atoms with Crippen LogP contribution in [-0.4, -0.2) is 61.0 Å². The summed E-state index contributed by atoms with van der Waals surface area (Å²) in [6.07, 6.45) is 0. The van der Waals surface area contributed by atoms with Gasteiger partial charge in [-0.2, -0.15) is 0 Å². The van der Waals surface area contributed by atoms with E-state index in [1.807, 2.05) is 19.0 Å². The molecule has 2 aromatic rings. The molecule has 0 radical (unpaired) electrons. The topological polar surface area (TPSA) is 96.4 Å². The second kappa shape index (κ2) is 8.91. The number of likely N-dealkylation sites (N-methyl/N-ethyl adjacent to an activating group) is 1. The Labute approximate surface area is 152 Å². The molecule has 1 aromatic carbocycles. The lowest BCUT2D eigenvalue weighted by molar-refractivity contribution is 0.0600. The van der Waals surface area contributed by atoms with Crippen LogP contribution >= 0.6 is 0 Å². The van der Waals surface area contributed by atoms with Crippen LogP contribution in [0.3, 0.4) is 0 Å². The second-order valence-corrected chi connectivity index (χ2v) is 5.94. The number of nitrogens with one attached hydrogen (secondary N) is 2. The van der Waals surface area contributed by atoms with Gasteiger partial charge in [0.2, 0.25) is 0 Å². The number of methoxy groups -OCH3 is 1. The predicted molar refractivity (Wildman–Crippen MR) is 98.7 cm³/mol. The third-order valence-corrected chi connectivity index (χ3v) is 3.47. The maximum atomic E-state index is 12.3. The van der Waals surface area contributed by atoms with Gasteiger partial charge in [-0.05, 0) is 39.2 Å². The van der Waals surface area contributed by atoms with Gasteiger partial charge in [0.1, 0.15) is 17.3 Å². The summed E-state index contributed by atoms with van der Waals surface area (Å²) in [5, 5.41) is 5.91. The lowest BCUT2D eigenvalue weighted by atomic mass is 10.2. The molecule has 0 bridgehead atoms. The van der Waals surface area contributed by atoms with Crippen molar-refractivity contribution < 1.29 is 14.3 Å². The molecule has 0 aliphatic rings. The molecule has 1 amide bonds. The van der Waals surface area contributed by atoms with Crippen molar-refractivity contribution in [1.82, 2.24) is 20.2 Å². The average Bonchev–Trinajstić information content (AvgIpc) is 2.60. The van der Waals surface area contributed by atoms with Gasteiger partial charge in [0.25, 0.3) is 5.91 Å². The van der Waals surface area contributed by atoms with Gasteiger partial charge >= 0.3 is 5.97 Å². The number of hydrogen-bond acceptors (Lipinski definition) is 7. The minimum absolute atomic E-state index is 0.260. The van der Waals surface area contributed by atoms with Crippen molar-refractivity contribution >= 4 is 23.4 Å². The first-order valence-corrected chi connectivity index (χ1v) is 8.13. The van der Waals surface area contributed by atoms with Gasteiger partial charge in [-0.1, -0.05) is 6.07 Å². The first-order valence-electron chi connectivity index (χ1n) is 8.13. The molecule has 0 aliphatic carbocycles. The van der Waals surface area contributed by atoms with Crippen LogP contribution in [0, 0.1) is 6.92 Å². The van der Waals surface area contributed by atoms with Crippen molar-refractivity contribution in [3.05, 3.63) is 47.4 Å². The van der Waals surface area contributed by atoms with E-state index in [9.17, 15) is 9.59 Å². The summed E-state index contributed by atoms with van der Waals surface area (Å²) in [6, 6.07) is 8.41. The van der Waals surface area contributed by atoms with Crippen LogP contribution in [0.2, 0.25) is 0 Å². The van der Waals surface area contributed by atoms with Crippen molar-refractivity contribution in [3.63, 3.8) is 0 Å². The Kier molecular flexibility index (Phi) is 6.62. The van der Waals surface area contributed by atoms with E-state index < -0.39 is 5.97 Å². The largest absolute Gasteiger partial charge is 0.465 e. The molecule has 2 rings (SSSR count). The third-order valence-electron chi connectivity index (χ3n) is 3.47. The number of nitrogens with zero attached hydrogens (tertiary/aromatic N) is 3. The summed E-state index contributed by atoms with van der Waals surface area (Å²) in [5.41, 5.74) is 1.36. The number of carbonyl (C=O) groups is 2. The maximum absolute atomic E-state index is 12.3. The molecule has 8 nitrogen and oxygen atoms in total. The molecule has 1 aromatic heterocycles. The van der Waals surface area contributed by atoms with E-state index in [2.05, 4.69) is 20.6 Å². The lowest BCUT2D eigenvalue weighted by Gasteiger charge is -2.11. The molecule has 0 unspecified atom stereocenters. The number of ether oxygens (including phenoxy) is 1. The molecule has 0 saturated heterocycles. The van der Waals surface area contributed by atoms with Gasteiger partial charge in [-0.25, -0.2) is 14.8 Å². The minimum Gasteiger partial charge on any atom is -0.465 e. The number of aryl methyl sites for hydroxylation is 1. The van der Waals surface area contributed by atoms with Crippen LogP contribution in [0.4, 0.5) is 11.5 Å². The van der Waals surface area contributed by atoms with Gasteiger partial charge in [-0.15, -0.1) is 0 Å². The fourth-order valence-electron chi connectivity index (χ4n) is 2.22. The Bertz CT molecular complexity index is 792. The molecule has 2 N–H and O–H groups in total. The van der Waals surface area contributed by atoms with Crippen LogP contribution in [0.15, 0.2) is 30.3 Å². The van der Waals surface area contributed by atoms with Crippen molar-refractivity contribution in [2.75, 3.05) is 39.6 Å². The van der Waals surface area contributed by atoms with Crippen LogP contribution in [-0.2, 0) is 4.74 Å². The number of rotatable bonds is 7. The highest BCUT2D eigenvalue weighted by Crippen LogP contribution is 2.17. The highest BCUT2D eigenvalue weighted by molar-refractivity contribution is 5.93. The molecule has 8 heteroatoms. The summed E-state index contributed by atoms with van der Waals surface area (Å²) >= 11 is 0. The average molecular weight is 357 g/mol.